The van der Waals surface area contributed by atoms with Crippen LogP contribution in [0.2, 0.25) is 0 Å². The van der Waals surface area contributed by atoms with Crippen molar-refractivity contribution in [2.45, 2.75) is 19.9 Å². The van der Waals surface area contributed by atoms with E-state index in [0.29, 0.717) is 5.95 Å². The number of aromatic nitrogens is 2. The van der Waals surface area contributed by atoms with Crippen molar-refractivity contribution in [3.8, 4) is 0 Å². The van der Waals surface area contributed by atoms with Gasteiger partial charge in [0.05, 0.1) is 23.3 Å². The Kier molecular flexibility index (Phi) is 2.37. The fraction of sp³-hybridized carbons (Fsp3) is 0.214. The summed E-state index contributed by atoms with van der Waals surface area (Å²) in [4.78, 5) is 4.40. The van der Waals surface area contributed by atoms with Gasteiger partial charge in [0, 0.05) is 0 Å². The van der Waals surface area contributed by atoms with Gasteiger partial charge in [-0.25, -0.2) is 4.98 Å². The van der Waals surface area contributed by atoms with Crippen molar-refractivity contribution in [2.24, 2.45) is 0 Å². The Morgan fingerprint density at radius 3 is 2.83 bits per heavy atom. The largest absolute Gasteiger partial charge is 0.467 e. The number of nitrogens with zero attached hydrogens (tertiary/aromatic N) is 2. The highest BCUT2D eigenvalue weighted by Gasteiger charge is 2.18. The van der Waals surface area contributed by atoms with Crippen LogP contribution < -0.4 is 5.73 Å². The van der Waals surface area contributed by atoms with Crippen molar-refractivity contribution in [3.63, 3.8) is 0 Å². The smallest absolute Gasteiger partial charge is 0.201 e. The molecule has 0 saturated carbocycles. The standard InChI is InChI=1S/C14H15N3O/c1-9-5-3-6-11-13(9)17(14(15)16-11)10(2)12-7-4-8-18-12/h3-8,10H,1-2H3,(H2,15,16). The molecule has 3 rings (SSSR count). The van der Waals surface area contributed by atoms with Gasteiger partial charge in [-0.2, -0.15) is 0 Å². The molecule has 4 nitrogen and oxygen atoms in total. The number of nitrogens with two attached hydrogens (primary N) is 1. The van der Waals surface area contributed by atoms with Gasteiger partial charge in [0.15, 0.2) is 0 Å². The van der Waals surface area contributed by atoms with Crippen molar-refractivity contribution >= 4 is 17.0 Å². The van der Waals surface area contributed by atoms with E-state index in [0.717, 1.165) is 22.4 Å². The van der Waals surface area contributed by atoms with Crippen LogP contribution in [-0.4, -0.2) is 9.55 Å². The summed E-state index contributed by atoms with van der Waals surface area (Å²) < 4.78 is 7.48. The molecule has 1 aromatic carbocycles. The van der Waals surface area contributed by atoms with Gasteiger partial charge in [0.2, 0.25) is 5.95 Å². The van der Waals surface area contributed by atoms with E-state index >= 15 is 0 Å². The van der Waals surface area contributed by atoms with Crippen LogP contribution in [0.15, 0.2) is 41.0 Å². The molecule has 0 aliphatic carbocycles. The lowest BCUT2D eigenvalue weighted by Gasteiger charge is -2.14. The number of hydrogen-bond acceptors (Lipinski definition) is 3. The SMILES string of the molecule is Cc1cccc2nc(N)n(C(C)c3ccco3)c12. The molecule has 0 aliphatic heterocycles. The maximum atomic E-state index is 6.04. The van der Waals surface area contributed by atoms with E-state index in [4.69, 9.17) is 10.2 Å². The first-order valence-electron chi connectivity index (χ1n) is 5.95. The molecule has 0 fully saturated rings. The zero-order valence-corrected chi connectivity index (χ0v) is 10.4. The minimum absolute atomic E-state index is 0.0334. The van der Waals surface area contributed by atoms with Crippen molar-refractivity contribution in [1.82, 2.24) is 9.55 Å². The van der Waals surface area contributed by atoms with Crippen LogP contribution in [0.4, 0.5) is 5.95 Å². The Balaban J connectivity index is 2.25. The average Bonchev–Trinajstić information content (AvgIpc) is 2.95. The minimum Gasteiger partial charge on any atom is -0.467 e. The molecule has 0 radical (unpaired) electrons. The van der Waals surface area contributed by atoms with E-state index in [1.807, 2.05) is 28.8 Å². The molecule has 0 aliphatic rings. The van der Waals surface area contributed by atoms with Gasteiger partial charge in [-0.3, -0.25) is 4.57 Å². The highest BCUT2D eigenvalue weighted by Crippen LogP contribution is 2.29. The molecule has 3 aromatic rings. The van der Waals surface area contributed by atoms with E-state index in [9.17, 15) is 0 Å². The lowest BCUT2D eigenvalue weighted by Crippen LogP contribution is -2.10. The van der Waals surface area contributed by atoms with Gasteiger partial charge < -0.3 is 10.2 Å². The minimum atomic E-state index is 0.0334. The molecule has 0 bridgehead atoms. The van der Waals surface area contributed by atoms with E-state index in [2.05, 4.69) is 24.9 Å². The summed E-state index contributed by atoms with van der Waals surface area (Å²) in [6.07, 6.45) is 1.67. The third-order valence-electron chi connectivity index (χ3n) is 3.28. The van der Waals surface area contributed by atoms with Gasteiger partial charge in [0.25, 0.3) is 0 Å². The maximum absolute atomic E-state index is 6.04. The zero-order valence-electron chi connectivity index (χ0n) is 10.4. The van der Waals surface area contributed by atoms with Crippen molar-refractivity contribution in [2.75, 3.05) is 5.73 Å². The molecule has 4 heteroatoms. The summed E-state index contributed by atoms with van der Waals surface area (Å²) >= 11 is 0. The van der Waals surface area contributed by atoms with Crippen LogP contribution in [0, 0.1) is 6.92 Å². The molecule has 18 heavy (non-hydrogen) atoms. The highest BCUT2D eigenvalue weighted by molar-refractivity contribution is 5.81. The summed E-state index contributed by atoms with van der Waals surface area (Å²) in [6.45, 7) is 4.12. The number of benzene rings is 1. The molecule has 0 spiro atoms. The average molecular weight is 241 g/mol. The number of furan rings is 1. The zero-order chi connectivity index (χ0) is 12.7. The van der Waals surface area contributed by atoms with Crippen LogP contribution in [0.25, 0.3) is 11.0 Å². The number of hydrogen-bond donors (Lipinski definition) is 1. The Hall–Kier alpha value is -2.23. The first kappa shape index (κ1) is 10.9. The fourth-order valence-corrected chi connectivity index (χ4v) is 2.39. The van der Waals surface area contributed by atoms with Gasteiger partial charge in [-0.15, -0.1) is 0 Å². The number of para-hydroxylation sites is 1. The Morgan fingerprint density at radius 1 is 1.28 bits per heavy atom. The third-order valence-corrected chi connectivity index (χ3v) is 3.28. The van der Waals surface area contributed by atoms with Crippen molar-refractivity contribution in [3.05, 3.63) is 47.9 Å². The summed E-state index contributed by atoms with van der Waals surface area (Å²) in [5, 5.41) is 0. The highest BCUT2D eigenvalue weighted by atomic mass is 16.3. The predicted octanol–water partition coefficient (Wildman–Crippen LogP) is 3.13. The quantitative estimate of drug-likeness (QED) is 0.749. The lowest BCUT2D eigenvalue weighted by atomic mass is 10.2. The van der Waals surface area contributed by atoms with Crippen molar-refractivity contribution < 1.29 is 4.42 Å². The van der Waals surface area contributed by atoms with Crippen LogP contribution in [0.3, 0.4) is 0 Å². The first-order chi connectivity index (χ1) is 8.68. The van der Waals surface area contributed by atoms with Gasteiger partial charge in [-0.05, 0) is 37.6 Å². The number of nitrogen functional groups attached to an aromatic ring is 1. The molecule has 92 valence electrons. The number of aryl methyl sites for hydroxylation is 1. The molecule has 2 N–H and O–H groups in total. The number of imidazole rings is 1. The van der Waals surface area contributed by atoms with E-state index < -0.39 is 0 Å². The number of anilines is 1. The van der Waals surface area contributed by atoms with Gasteiger partial charge in [-0.1, -0.05) is 12.1 Å². The second-order valence-electron chi connectivity index (χ2n) is 4.47. The normalized spacial score (nSPS) is 13.0. The third kappa shape index (κ3) is 1.49. The molecule has 0 saturated heterocycles. The summed E-state index contributed by atoms with van der Waals surface area (Å²) in [6, 6.07) is 9.90. The van der Waals surface area contributed by atoms with Crippen LogP contribution in [0.5, 0.6) is 0 Å². The first-order valence-corrected chi connectivity index (χ1v) is 5.95. The van der Waals surface area contributed by atoms with E-state index in [1.54, 1.807) is 6.26 Å². The molecular formula is C14H15N3O. The summed E-state index contributed by atoms with van der Waals surface area (Å²) in [7, 11) is 0. The predicted molar refractivity (Wildman–Crippen MR) is 71.4 cm³/mol. The number of fused-ring (bicyclic) bond motifs is 1. The lowest BCUT2D eigenvalue weighted by molar-refractivity contribution is 0.453. The molecule has 1 unspecified atom stereocenters. The van der Waals surface area contributed by atoms with Gasteiger partial charge >= 0.3 is 0 Å². The van der Waals surface area contributed by atoms with E-state index in [-0.39, 0.29) is 6.04 Å². The number of rotatable bonds is 2. The fourth-order valence-electron chi connectivity index (χ4n) is 2.39. The van der Waals surface area contributed by atoms with Crippen molar-refractivity contribution in [1.29, 1.82) is 0 Å². The Labute approximate surface area is 105 Å². The van der Waals surface area contributed by atoms with Crippen LogP contribution in [0.1, 0.15) is 24.3 Å². The molecular weight excluding hydrogens is 226 g/mol. The van der Waals surface area contributed by atoms with Crippen LogP contribution in [-0.2, 0) is 0 Å². The topological polar surface area (TPSA) is 57.0 Å². The Bertz CT molecular complexity index is 682. The molecule has 1 atom stereocenters. The Morgan fingerprint density at radius 2 is 2.11 bits per heavy atom. The maximum Gasteiger partial charge on any atom is 0.201 e. The molecule has 2 heterocycles. The molecule has 0 amide bonds. The van der Waals surface area contributed by atoms with E-state index in [1.165, 1.54) is 0 Å². The molecule has 2 aromatic heterocycles. The second-order valence-corrected chi connectivity index (χ2v) is 4.47. The summed E-state index contributed by atoms with van der Waals surface area (Å²) in [5.41, 5.74) is 9.19. The monoisotopic (exact) mass is 241 g/mol. The second kappa shape index (κ2) is 3.91. The van der Waals surface area contributed by atoms with Crippen LogP contribution >= 0.6 is 0 Å². The van der Waals surface area contributed by atoms with Gasteiger partial charge in [0.1, 0.15) is 5.76 Å². The summed E-state index contributed by atoms with van der Waals surface area (Å²) in [5.74, 6) is 1.40.